The van der Waals surface area contributed by atoms with Gasteiger partial charge in [0.2, 0.25) is 11.7 Å². The Morgan fingerprint density at radius 2 is 2.05 bits per heavy atom. The quantitative estimate of drug-likeness (QED) is 0.663. The third-order valence-corrected chi connectivity index (χ3v) is 3.02. The number of nitrogen functional groups attached to an aromatic ring is 1. The number of ether oxygens (including phenoxy) is 2. The highest BCUT2D eigenvalue weighted by Crippen LogP contribution is 2.26. The summed E-state index contributed by atoms with van der Waals surface area (Å²) in [6, 6.07) is 2.78. The molecule has 1 saturated heterocycles. The van der Waals surface area contributed by atoms with Crippen LogP contribution in [0.2, 0.25) is 0 Å². The highest BCUT2D eigenvalue weighted by molar-refractivity contribution is 5.53. The molecule has 0 aromatic carbocycles. The first-order valence-corrected chi connectivity index (χ1v) is 6.18. The minimum Gasteiger partial charge on any atom is -0.474 e. The van der Waals surface area contributed by atoms with Gasteiger partial charge in [0.15, 0.2) is 0 Å². The fourth-order valence-electron chi connectivity index (χ4n) is 2.28. The molecule has 1 aliphatic rings. The SMILES string of the molecule is CC1CC(Oc2ccc([N+](=O)[O-])c(N)n2)CC(C)O1. The van der Waals surface area contributed by atoms with E-state index in [1.807, 2.05) is 13.8 Å². The second kappa shape index (κ2) is 5.40. The number of nitro groups is 1. The molecule has 0 spiro atoms. The van der Waals surface area contributed by atoms with E-state index in [1.54, 1.807) is 0 Å². The number of hydrogen-bond donors (Lipinski definition) is 1. The van der Waals surface area contributed by atoms with E-state index < -0.39 is 4.92 Å². The molecule has 1 aromatic rings. The van der Waals surface area contributed by atoms with Crippen LogP contribution < -0.4 is 10.5 Å². The number of anilines is 1. The van der Waals surface area contributed by atoms with Gasteiger partial charge in [0.1, 0.15) is 6.10 Å². The van der Waals surface area contributed by atoms with Crippen LogP contribution in [-0.4, -0.2) is 28.2 Å². The summed E-state index contributed by atoms with van der Waals surface area (Å²) in [5.74, 6) is 0.185. The largest absolute Gasteiger partial charge is 0.474 e. The van der Waals surface area contributed by atoms with Crippen molar-refractivity contribution in [2.75, 3.05) is 5.73 Å². The predicted molar refractivity (Wildman–Crippen MR) is 69.0 cm³/mol. The van der Waals surface area contributed by atoms with Crippen LogP contribution in [0.5, 0.6) is 5.88 Å². The minimum atomic E-state index is -0.565. The smallest absolute Gasteiger partial charge is 0.311 e. The molecule has 2 unspecified atom stereocenters. The zero-order valence-corrected chi connectivity index (χ0v) is 10.9. The molecule has 0 amide bonds. The van der Waals surface area contributed by atoms with Crippen LogP contribution in [0.15, 0.2) is 12.1 Å². The van der Waals surface area contributed by atoms with Crippen LogP contribution in [-0.2, 0) is 4.74 Å². The van der Waals surface area contributed by atoms with Gasteiger partial charge in [0, 0.05) is 25.0 Å². The molecule has 2 atom stereocenters. The molecule has 0 radical (unpaired) electrons. The lowest BCUT2D eigenvalue weighted by Gasteiger charge is -2.31. The molecule has 7 nitrogen and oxygen atoms in total. The van der Waals surface area contributed by atoms with Crippen LogP contribution in [0, 0.1) is 10.1 Å². The summed E-state index contributed by atoms with van der Waals surface area (Å²) in [7, 11) is 0. The molecular weight excluding hydrogens is 250 g/mol. The molecular formula is C12H17N3O4. The number of rotatable bonds is 3. The Morgan fingerprint density at radius 3 is 2.58 bits per heavy atom. The Morgan fingerprint density at radius 1 is 1.42 bits per heavy atom. The molecule has 1 aliphatic heterocycles. The van der Waals surface area contributed by atoms with Crippen molar-refractivity contribution in [1.82, 2.24) is 4.98 Å². The number of aromatic nitrogens is 1. The number of nitrogens with zero attached hydrogens (tertiary/aromatic N) is 2. The van der Waals surface area contributed by atoms with E-state index in [9.17, 15) is 10.1 Å². The molecule has 2 N–H and O–H groups in total. The van der Waals surface area contributed by atoms with Gasteiger partial charge in [-0.3, -0.25) is 10.1 Å². The lowest BCUT2D eigenvalue weighted by molar-refractivity contribution is -0.384. The maximum Gasteiger partial charge on any atom is 0.311 e. The van der Waals surface area contributed by atoms with E-state index in [1.165, 1.54) is 12.1 Å². The topological polar surface area (TPSA) is 101 Å². The molecule has 19 heavy (non-hydrogen) atoms. The molecule has 2 rings (SSSR count). The van der Waals surface area contributed by atoms with Gasteiger partial charge in [0.05, 0.1) is 17.1 Å². The zero-order chi connectivity index (χ0) is 14.0. The predicted octanol–water partition coefficient (Wildman–Crippen LogP) is 1.91. The Bertz CT molecular complexity index is 470. The molecule has 1 aromatic heterocycles. The Kier molecular flexibility index (Phi) is 3.84. The van der Waals surface area contributed by atoms with Crippen LogP contribution in [0.25, 0.3) is 0 Å². The Labute approximate surface area is 110 Å². The van der Waals surface area contributed by atoms with Gasteiger partial charge < -0.3 is 15.2 Å². The van der Waals surface area contributed by atoms with E-state index in [0.717, 1.165) is 12.8 Å². The summed E-state index contributed by atoms with van der Waals surface area (Å²) in [5.41, 5.74) is 5.32. The summed E-state index contributed by atoms with van der Waals surface area (Å²) in [4.78, 5) is 14.0. The van der Waals surface area contributed by atoms with E-state index in [2.05, 4.69) is 4.98 Å². The van der Waals surface area contributed by atoms with Crippen molar-refractivity contribution in [1.29, 1.82) is 0 Å². The van der Waals surface area contributed by atoms with Crippen molar-refractivity contribution in [3.8, 4) is 5.88 Å². The average Bonchev–Trinajstić information content (AvgIpc) is 2.26. The highest BCUT2D eigenvalue weighted by Gasteiger charge is 2.26. The highest BCUT2D eigenvalue weighted by atomic mass is 16.6. The number of pyridine rings is 1. The summed E-state index contributed by atoms with van der Waals surface area (Å²) >= 11 is 0. The number of hydrogen-bond acceptors (Lipinski definition) is 6. The van der Waals surface area contributed by atoms with Gasteiger partial charge in [0.25, 0.3) is 0 Å². The van der Waals surface area contributed by atoms with Gasteiger partial charge in [-0.15, -0.1) is 0 Å². The number of nitrogens with two attached hydrogens (primary N) is 1. The standard InChI is InChI=1S/C12H17N3O4/c1-7-5-9(6-8(2)18-7)19-11-4-3-10(15(16)17)12(13)14-11/h3-4,7-9H,5-6H2,1-2H3,(H2,13,14). The maximum atomic E-state index is 10.6. The van der Waals surface area contributed by atoms with Crippen LogP contribution >= 0.6 is 0 Å². The van der Waals surface area contributed by atoms with Gasteiger partial charge in [-0.2, -0.15) is 4.98 Å². The van der Waals surface area contributed by atoms with Crippen molar-refractivity contribution in [3.63, 3.8) is 0 Å². The second-order valence-electron chi connectivity index (χ2n) is 4.78. The Balaban J connectivity index is 2.07. The second-order valence-corrected chi connectivity index (χ2v) is 4.78. The molecule has 0 saturated carbocycles. The fourth-order valence-corrected chi connectivity index (χ4v) is 2.28. The van der Waals surface area contributed by atoms with Gasteiger partial charge >= 0.3 is 5.69 Å². The Hall–Kier alpha value is -1.89. The van der Waals surface area contributed by atoms with E-state index in [0.29, 0.717) is 5.88 Å². The molecule has 7 heteroatoms. The first-order valence-electron chi connectivity index (χ1n) is 6.18. The third kappa shape index (κ3) is 3.31. The summed E-state index contributed by atoms with van der Waals surface area (Å²) < 4.78 is 11.3. The van der Waals surface area contributed by atoms with Crippen molar-refractivity contribution in [2.24, 2.45) is 0 Å². The fraction of sp³-hybridized carbons (Fsp3) is 0.583. The van der Waals surface area contributed by atoms with E-state index >= 15 is 0 Å². The summed E-state index contributed by atoms with van der Waals surface area (Å²) in [5, 5.41) is 10.6. The normalized spacial score (nSPS) is 26.9. The summed E-state index contributed by atoms with van der Waals surface area (Å²) in [6.45, 7) is 3.98. The van der Waals surface area contributed by atoms with Crippen LogP contribution in [0.3, 0.4) is 0 Å². The maximum absolute atomic E-state index is 10.6. The van der Waals surface area contributed by atoms with Crippen LogP contribution in [0.1, 0.15) is 26.7 Å². The third-order valence-electron chi connectivity index (χ3n) is 3.02. The lowest BCUT2D eigenvalue weighted by atomic mass is 10.0. The molecule has 1 fully saturated rings. The zero-order valence-electron chi connectivity index (χ0n) is 10.9. The molecule has 104 valence electrons. The van der Waals surface area contributed by atoms with Crippen molar-refractivity contribution < 1.29 is 14.4 Å². The monoisotopic (exact) mass is 267 g/mol. The first kappa shape index (κ1) is 13.5. The average molecular weight is 267 g/mol. The minimum absolute atomic E-state index is 0.00731. The molecule has 2 heterocycles. The summed E-state index contributed by atoms with van der Waals surface area (Å²) in [6.07, 6.45) is 1.78. The van der Waals surface area contributed by atoms with Crippen molar-refractivity contribution >= 4 is 11.5 Å². The lowest BCUT2D eigenvalue weighted by Crippen LogP contribution is -2.35. The van der Waals surface area contributed by atoms with Crippen molar-refractivity contribution in [3.05, 3.63) is 22.2 Å². The van der Waals surface area contributed by atoms with Gasteiger partial charge in [-0.1, -0.05) is 0 Å². The van der Waals surface area contributed by atoms with Crippen molar-refractivity contribution in [2.45, 2.75) is 45.0 Å². The van der Waals surface area contributed by atoms with E-state index in [4.69, 9.17) is 15.2 Å². The van der Waals surface area contributed by atoms with E-state index in [-0.39, 0.29) is 29.8 Å². The van der Waals surface area contributed by atoms with Gasteiger partial charge in [-0.25, -0.2) is 0 Å². The van der Waals surface area contributed by atoms with Crippen LogP contribution in [0.4, 0.5) is 11.5 Å². The molecule has 0 aliphatic carbocycles. The first-order chi connectivity index (χ1) is 8.95. The van der Waals surface area contributed by atoms with Gasteiger partial charge in [-0.05, 0) is 13.8 Å². The molecule has 0 bridgehead atoms.